The predicted molar refractivity (Wildman–Crippen MR) is 95.3 cm³/mol. The van der Waals surface area contributed by atoms with Gasteiger partial charge in [0.2, 0.25) is 0 Å². The lowest BCUT2D eigenvalue weighted by Gasteiger charge is -2.14. The van der Waals surface area contributed by atoms with Gasteiger partial charge in [-0.1, -0.05) is 48.0 Å². The zero-order valence-electron chi connectivity index (χ0n) is 13.9. The third-order valence-corrected chi connectivity index (χ3v) is 3.99. The number of para-hydroxylation sites is 1. The number of hydrogen-bond acceptors (Lipinski definition) is 3. The number of halogens is 1. The van der Waals surface area contributed by atoms with E-state index in [9.17, 15) is 4.79 Å². The van der Waals surface area contributed by atoms with Crippen LogP contribution in [0, 0.1) is 13.8 Å². The summed E-state index contributed by atoms with van der Waals surface area (Å²) in [7, 11) is 0. The van der Waals surface area contributed by atoms with Crippen molar-refractivity contribution in [1.29, 1.82) is 0 Å². The lowest BCUT2D eigenvalue weighted by molar-refractivity contribution is -0.136. The van der Waals surface area contributed by atoms with Crippen molar-refractivity contribution in [2.75, 3.05) is 6.61 Å². The van der Waals surface area contributed by atoms with Crippen molar-refractivity contribution in [2.24, 2.45) is 0 Å². The molecule has 0 unspecified atom stereocenters. The molecule has 0 N–H and O–H groups in total. The third kappa shape index (κ3) is 4.58. The normalized spacial score (nSPS) is 10.7. The van der Waals surface area contributed by atoms with E-state index >= 15 is 0 Å². The molecule has 0 saturated heterocycles. The highest BCUT2D eigenvalue weighted by atomic mass is 79.9. The molecule has 0 bridgehead atoms. The Hall–Kier alpha value is -1.81. The molecule has 3 nitrogen and oxygen atoms in total. The summed E-state index contributed by atoms with van der Waals surface area (Å²) in [4.78, 5) is 12.1. The Balaban J connectivity index is 2.04. The molecule has 0 aromatic heterocycles. The van der Waals surface area contributed by atoms with Crippen LogP contribution in [-0.2, 0) is 4.79 Å². The van der Waals surface area contributed by atoms with Gasteiger partial charge in [0.05, 0.1) is 0 Å². The fourth-order valence-corrected chi connectivity index (χ4v) is 3.11. The van der Waals surface area contributed by atoms with Crippen LogP contribution in [0.15, 0.2) is 40.9 Å². The average molecular weight is 377 g/mol. The van der Waals surface area contributed by atoms with E-state index < -0.39 is 5.97 Å². The molecule has 0 amide bonds. The quantitative estimate of drug-likeness (QED) is 0.533. The van der Waals surface area contributed by atoms with Crippen LogP contribution in [0.25, 0.3) is 0 Å². The zero-order chi connectivity index (χ0) is 17.0. The summed E-state index contributed by atoms with van der Waals surface area (Å²) in [5.41, 5.74) is 2.90. The van der Waals surface area contributed by atoms with Gasteiger partial charge in [0.1, 0.15) is 11.5 Å². The van der Waals surface area contributed by atoms with Crippen molar-refractivity contribution in [3.63, 3.8) is 0 Å². The Morgan fingerprint density at radius 1 is 1.13 bits per heavy atom. The van der Waals surface area contributed by atoms with Crippen LogP contribution in [0.2, 0.25) is 0 Å². The van der Waals surface area contributed by atoms with E-state index in [1.807, 2.05) is 50.2 Å². The Labute approximate surface area is 145 Å². The van der Waals surface area contributed by atoms with Gasteiger partial charge in [-0.2, -0.15) is 0 Å². The Morgan fingerprint density at radius 3 is 2.35 bits per heavy atom. The van der Waals surface area contributed by atoms with Gasteiger partial charge in [-0.3, -0.25) is 0 Å². The van der Waals surface area contributed by atoms with E-state index in [1.165, 1.54) is 0 Å². The summed E-state index contributed by atoms with van der Waals surface area (Å²) in [5, 5.41) is 0. The molecular formula is C19H21BrO3. The number of carbonyl (C=O) groups is 1. The van der Waals surface area contributed by atoms with Gasteiger partial charge in [0.25, 0.3) is 0 Å². The van der Waals surface area contributed by atoms with E-state index in [0.29, 0.717) is 11.7 Å². The average Bonchev–Trinajstić information content (AvgIpc) is 2.49. The van der Waals surface area contributed by atoms with Crippen LogP contribution in [0.1, 0.15) is 36.5 Å². The maximum atomic E-state index is 12.1. The van der Waals surface area contributed by atoms with E-state index in [1.54, 1.807) is 0 Å². The Kier molecular flexibility index (Phi) is 5.83. The number of carbonyl (C=O) groups excluding carboxylic acids is 1. The molecule has 0 saturated carbocycles. The highest BCUT2D eigenvalue weighted by Crippen LogP contribution is 2.28. The van der Waals surface area contributed by atoms with Crippen LogP contribution in [0.3, 0.4) is 0 Å². The molecule has 0 atom stereocenters. The summed E-state index contributed by atoms with van der Waals surface area (Å²) in [5.74, 6) is 1.25. The highest BCUT2D eigenvalue weighted by Gasteiger charge is 2.13. The Bertz CT molecular complexity index is 685. The maximum Gasteiger partial charge on any atom is 0.349 e. The molecule has 23 heavy (non-hydrogen) atoms. The van der Waals surface area contributed by atoms with Crippen LogP contribution in [-0.4, -0.2) is 12.6 Å². The fraction of sp³-hybridized carbons (Fsp3) is 0.316. The molecule has 0 fully saturated rings. The smallest absolute Gasteiger partial charge is 0.349 e. The molecule has 0 spiro atoms. The standard InChI is InChI=1S/C19H21BrO3/c1-12(2)16-7-5-6-8-17(16)22-11-18(21)23-19-13(3)9-15(20)10-14(19)4/h5-10,12H,11H2,1-4H3. The molecule has 2 rings (SSSR count). The molecule has 0 aliphatic rings. The highest BCUT2D eigenvalue weighted by molar-refractivity contribution is 9.10. The lowest BCUT2D eigenvalue weighted by atomic mass is 10.0. The molecule has 2 aromatic carbocycles. The van der Waals surface area contributed by atoms with Crippen molar-refractivity contribution in [3.8, 4) is 11.5 Å². The van der Waals surface area contributed by atoms with Crippen molar-refractivity contribution in [3.05, 3.63) is 57.6 Å². The minimum absolute atomic E-state index is 0.112. The second-order valence-corrected chi connectivity index (χ2v) is 6.74. The first-order valence-corrected chi connectivity index (χ1v) is 8.37. The number of rotatable bonds is 5. The number of ether oxygens (including phenoxy) is 2. The number of aryl methyl sites for hydroxylation is 2. The largest absolute Gasteiger partial charge is 0.482 e. The predicted octanol–water partition coefficient (Wildman–Crippen LogP) is 5.17. The third-order valence-electron chi connectivity index (χ3n) is 3.53. The second-order valence-electron chi connectivity index (χ2n) is 5.82. The zero-order valence-corrected chi connectivity index (χ0v) is 15.4. The topological polar surface area (TPSA) is 35.5 Å². The summed E-state index contributed by atoms with van der Waals surface area (Å²) in [6.07, 6.45) is 0. The molecule has 0 heterocycles. The number of hydrogen-bond donors (Lipinski definition) is 0. The summed E-state index contributed by atoms with van der Waals surface area (Å²) < 4.78 is 12.1. The maximum absolute atomic E-state index is 12.1. The van der Waals surface area contributed by atoms with Gasteiger partial charge in [-0.05, 0) is 54.7 Å². The summed E-state index contributed by atoms with van der Waals surface area (Å²) in [6, 6.07) is 11.6. The van der Waals surface area contributed by atoms with Crippen LogP contribution < -0.4 is 9.47 Å². The first-order chi connectivity index (χ1) is 10.9. The van der Waals surface area contributed by atoms with Gasteiger partial charge in [-0.25, -0.2) is 4.79 Å². The van der Waals surface area contributed by atoms with E-state index in [0.717, 1.165) is 26.9 Å². The molecule has 0 aliphatic heterocycles. The molecule has 0 aliphatic carbocycles. The molecular weight excluding hydrogens is 356 g/mol. The van der Waals surface area contributed by atoms with Gasteiger partial charge >= 0.3 is 5.97 Å². The van der Waals surface area contributed by atoms with Gasteiger partial charge in [0.15, 0.2) is 6.61 Å². The van der Waals surface area contributed by atoms with Crippen molar-refractivity contribution < 1.29 is 14.3 Å². The minimum Gasteiger partial charge on any atom is -0.482 e. The molecule has 0 radical (unpaired) electrons. The Morgan fingerprint density at radius 2 is 1.74 bits per heavy atom. The van der Waals surface area contributed by atoms with Crippen LogP contribution >= 0.6 is 15.9 Å². The van der Waals surface area contributed by atoms with Crippen molar-refractivity contribution in [1.82, 2.24) is 0 Å². The minimum atomic E-state index is -0.405. The first-order valence-electron chi connectivity index (χ1n) is 7.57. The monoisotopic (exact) mass is 376 g/mol. The SMILES string of the molecule is Cc1cc(Br)cc(C)c1OC(=O)COc1ccccc1C(C)C. The van der Waals surface area contributed by atoms with Crippen LogP contribution in [0.5, 0.6) is 11.5 Å². The first kappa shape index (κ1) is 17.5. The lowest BCUT2D eigenvalue weighted by Crippen LogP contribution is -2.19. The van der Waals surface area contributed by atoms with E-state index in [-0.39, 0.29) is 6.61 Å². The van der Waals surface area contributed by atoms with Gasteiger partial charge < -0.3 is 9.47 Å². The van der Waals surface area contributed by atoms with Crippen LogP contribution in [0.4, 0.5) is 0 Å². The van der Waals surface area contributed by atoms with E-state index in [4.69, 9.17) is 9.47 Å². The van der Waals surface area contributed by atoms with Gasteiger partial charge in [0, 0.05) is 4.47 Å². The summed E-state index contributed by atoms with van der Waals surface area (Å²) >= 11 is 3.43. The molecule has 2 aromatic rings. The fourth-order valence-electron chi connectivity index (χ4n) is 2.43. The second kappa shape index (κ2) is 7.64. The molecule has 4 heteroatoms. The van der Waals surface area contributed by atoms with Crippen molar-refractivity contribution >= 4 is 21.9 Å². The summed E-state index contributed by atoms with van der Waals surface area (Å²) in [6.45, 7) is 7.90. The van der Waals surface area contributed by atoms with Crippen molar-refractivity contribution in [2.45, 2.75) is 33.6 Å². The van der Waals surface area contributed by atoms with Gasteiger partial charge in [-0.15, -0.1) is 0 Å². The van der Waals surface area contributed by atoms with E-state index in [2.05, 4.69) is 29.8 Å². The number of esters is 1. The number of benzene rings is 2. The molecule has 122 valence electrons.